The van der Waals surface area contributed by atoms with Crippen molar-refractivity contribution in [3.05, 3.63) is 59.7 Å². The molecule has 0 aliphatic carbocycles. The van der Waals surface area contributed by atoms with Crippen LogP contribution in [0.3, 0.4) is 0 Å². The summed E-state index contributed by atoms with van der Waals surface area (Å²) in [7, 11) is 1.33. The van der Waals surface area contributed by atoms with Crippen LogP contribution >= 0.6 is 12.2 Å². The SMILES string of the molecule is COC(=O)c1ccc(NC(=S)N/N=C\c2ccccc2O)cc1. The lowest BCUT2D eigenvalue weighted by Crippen LogP contribution is -2.23. The van der Waals surface area contributed by atoms with Crippen LogP contribution in [0, 0.1) is 0 Å². The Labute approximate surface area is 138 Å². The number of carbonyl (C=O) groups excluding carboxylic acids is 1. The van der Waals surface area contributed by atoms with E-state index < -0.39 is 5.97 Å². The number of carbonyl (C=O) groups is 1. The molecule has 0 aliphatic rings. The van der Waals surface area contributed by atoms with Crippen LogP contribution < -0.4 is 10.7 Å². The quantitative estimate of drug-likeness (QED) is 0.346. The first-order valence-corrected chi connectivity index (χ1v) is 7.07. The van der Waals surface area contributed by atoms with Gasteiger partial charge in [-0.15, -0.1) is 0 Å². The minimum atomic E-state index is -0.399. The predicted octanol–water partition coefficient (Wildman–Crippen LogP) is 2.50. The number of anilines is 1. The summed E-state index contributed by atoms with van der Waals surface area (Å²) in [5.74, 6) is -0.264. The molecule has 0 amide bonds. The molecule has 0 aliphatic heterocycles. The van der Waals surface area contributed by atoms with Gasteiger partial charge in [-0.3, -0.25) is 5.43 Å². The number of para-hydroxylation sites is 1. The Hall–Kier alpha value is -2.93. The fourth-order valence-corrected chi connectivity index (χ4v) is 1.89. The van der Waals surface area contributed by atoms with E-state index in [0.29, 0.717) is 16.8 Å². The summed E-state index contributed by atoms with van der Waals surface area (Å²) in [5, 5.41) is 16.7. The lowest BCUT2D eigenvalue weighted by molar-refractivity contribution is 0.0601. The van der Waals surface area contributed by atoms with E-state index >= 15 is 0 Å². The van der Waals surface area contributed by atoms with Gasteiger partial charge in [0.05, 0.1) is 18.9 Å². The molecule has 3 N–H and O–H groups in total. The first-order chi connectivity index (χ1) is 11.1. The summed E-state index contributed by atoms with van der Waals surface area (Å²) in [6.07, 6.45) is 1.46. The van der Waals surface area contributed by atoms with Crippen LogP contribution in [0.25, 0.3) is 0 Å². The Kier molecular flexibility index (Phi) is 5.65. The molecule has 0 radical (unpaired) electrons. The van der Waals surface area contributed by atoms with Gasteiger partial charge in [0.15, 0.2) is 5.11 Å². The number of nitrogens with one attached hydrogen (secondary N) is 2. The Morgan fingerprint density at radius 1 is 1.22 bits per heavy atom. The molecule has 0 atom stereocenters. The van der Waals surface area contributed by atoms with Crippen molar-refractivity contribution >= 4 is 35.2 Å². The number of rotatable bonds is 4. The number of phenols is 1. The normalized spacial score (nSPS) is 10.3. The number of hydrazone groups is 1. The standard InChI is InChI=1S/C16H15N3O3S/c1-22-15(21)11-6-8-13(9-7-11)18-16(23)19-17-10-12-4-2-3-5-14(12)20/h2-10,20H,1H3,(H2,18,19,23)/b17-10-. The molecular weight excluding hydrogens is 314 g/mol. The Balaban J connectivity index is 1.90. The van der Waals surface area contributed by atoms with Crippen molar-refractivity contribution in [1.29, 1.82) is 0 Å². The molecule has 0 aromatic heterocycles. The van der Waals surface area contributed by atoms with Gasteiger partial charge in [0.25, 0.3) is 0 Å². The number of esters is 1. The van der Waals surface area contributed by atoms with E-state index in [4.69, 9.17) is 12.2 Å². The number of ether oxygens (including phenoxy) is 1. The minimum Gasteiger partial charge on any atom is -0.507 e. The van der Waals surface area contributed by atoms with Gasteiger partial charge in [-0.25, -0.2) is 4.79 Å². The van der Waals surface area contributed by atoms with Crippen molar-refractivity contribution < 1.29 is 14.6 Å². The Bertz CT molecular complexity index is 730. The number of aromatic hydroxyl groups is 1. The van der Waals surface area contributed by atoms with Gasteiger partial charge in [0.2, 0.25) is 0 Å². The van der Waals surface area contributed by atoms with Crippen LogP contribution in [0.2, 0.25) is 0 Å². The maximum Gasteiger partial charge on any atom is 0.337 e. The highest BCUT2D eigenvalue weighted by Crippen LogP contribution is 2.12. The maximum atomic E-state index is 11.3. The first-order valence-electron chi connectivity index (χ1n) is 6.66. The second-order valence-corrected chi connectivity index (χ2v) is 4.86. The monoisotopic (exact) mass is 329 g/mol. The zero-order valence-corrected chi connectivity index (χ0v) is 13.1. The molecule has 0 unspecified atom stereocenters. The van der Waals surface area contributed by atoms with Gasteiger partial charge < -0.3 is 15.2 Å². The first kappa shape index (κ1) is 16.4. The molecule has 118 valence electrons. The van der Waals surface area contributed by atoms with E-state index in [9.17, 15) is 9.90 Å². The average molecular weight is 329 g/mol. The number of phenolic OH excluding ortho intramolecular Hbond substituents is 1. The Morgan fingerprint density at radius 2 is 1.91 bits per heavy atom. The lowest BCUT2D eigenvalue weighted by Gasteiger charge is -2.07. The molecule has 0 bridgehead atoms. The predicted molar refractivity (Wildman–Crippen MR) is 92.8 cm³/mol. The molecule has 0 fully saturated rings. The van der Waals surface area contributed by atoms with Crippen molar-refractivity contribution in [2.45, 2.75) is 0 Å². The summed E-state index contributed by atoms with van der Waals surface area (Å²) in [5.41, 5.74) is 4.37. The molecule has 2 aromatic rings. The third kappa shape index (κ3) is 4.79. The van der Waals surface area contributed by atoms with Gasteiger partial charge in [-0.05, 0) is 48.6 Å². The molecule has 0 spiro atoms. The fourth-order valence-electron chi connectivity index (χ4n) is 1.72. The minimum absolute atomic E-state index is 0.135. The maximum absolute atomic E-state index is 11.3. The smallest absolute Gasteiger partial charge is 0.337 e. The van der Waals surface area contributed by atoms with E-state index in [2.05, 4.69) is 20.6 Å². The van der Waals surface area contributed by atoms with E-state index in [1.807, 2.05) is 0 Å². The largest absolute Gasteiger partial charge is 0.507 e. The second kappa shape index (κ2) is 7.90. The number of methoxy groups -OCH3 is 1. The molecule has 2 rings (SSSR count). The zero-order chi connectivity index (χ0) is 16.7. The molecule has 0 heterocycles. The molecular formula is C16H15N3O3S. The summed E-state index contributed by atoms with van der Waals surface area (Å²) in [4.78, 5) is 11.3. The van der Waals surface area contributed by atoms with Crippen LogP contribution in [0.5, 0.6) is 5.75 Å². The topological polar surface area (TPSA) is 83.0 Å². The highest BCUT2D eigenvalue weighted by molar-refractivity contribution is 7.80. The number of hydrogen-bond donors (Lipinski definition) is 3. The summed E-state index contributed by atoms with van der Waals surface area (Å²) in [6.45, 7) is 0. The Morgan fingerprint density at radius 3 is 2.57 bits per heavy atom. The molecule has 6 nitrogen and oxygen atoms in total. The van der Waals surface area contributed by atoms with E-state index in [-0.39, 0.29) is 10.9 Å². The van der Waals surface area contributed by atoms with Crippen molar-refractivity contribution in [3.8, 4) is 5.75 Å². The van der Waals surface area contributed by atoms with Crippen LogP contribution in [-0.2, 0) is 4.74 Å². The van der Waals surface area contributed by atoms with Crippen molar-refractivity contribution in [1.82, 2.24) is 5.43 Å². The summed E-state index contributed by atoms with van der Waals surface area (Å²) in [6, 6.07) is 13.5. The number of nitrogens with zero attached hydrogens (tertiary/aromatic N) is 1. The highest BCUT2D eigenvalue weighted by atomic mass is 32.1. The molecule has 0 saturated carbocycles. The average Bonchev–Trinajstić information content (AvgIpc) is 2.56. The van der Waals surface area contributed by atoms with E-state index in [0.717, 1.165) is 0 Å². The molecule has 7 heteroatoms. The third-order valence-corrected chi connectivity index (χ3v) is 3.06. The van der Waals surface area contributed by atoms with Crippen LogP contribution in [0.15, 0.2) is 53.6 Å². The van der Waals surface area contributed by atoms with Gasteiger partial charge in [0.1, 0.15) is 5.75 Å². The molecule has 0 saturated heterocycles. The van der Waals surface area contributed by atoms with Gasteiger partial charge in [-0.2, -0.15) is 5.10 Å². The summed E-state index contributed by atoms with van der Waals surface area (Å²) >= 11 is 5.10. The number of thiocarbonyl (C=S) groups is 1. The number of hydrogen-bond acceptors (Lipinski definition) is 5. The lowest BCUT2D eigenvalue weighted by atomic mass is 10.2. The van der Waals surface area contributed by atoms with E-state index in [1.165, 1.54) is 13.3 Å². The fraction of sp³-hybridized carbons (Fsp3) is 0.0625. The van der Waals surface area contributed by atoms with Crippen molar-refractivity contribution in [3.63, 3.8) is 0 Å². The summed E-state index contributed by atoms with van der Waals surface area (Å²) < 4.78 is 4.62. The van der Waals surface area contributed by atoms with Crippen molar-refractivity contribution in [2.24, 2.45) is 5.10 Å². The van der Waals surface area contributed by atoms with Gasteiger partial charge in [0, 0.05) is 11.3 Å². The highest BCUT2D eigenvalue weighted by Gasteiger charge is 2.04. The second-order valence-electron chi connectivity index (χ2n) is 4.45. The van der Waals surface area contributed by atoms with Gasteiger partial charge >= 0.3 is 5.97 Å². The van der Waals surface area contributed by atoms with Crippen molar-refractivity contribution in [2.75, 3.05) is 12.4 Å². The van der Waals surface area contributed by atoms with Gasteiger partial charge in [-0.1, -0.05) is 12.1 Å². The third-order valence-electron chi connectivity index (χ3n) is 2.87. The number of benzene rings is 2. The van der Waals surface area contributed by atoms with Crippen LogP contribution in [0.4, 0.5) is 5.69 Å². The zero-order valence-electron chi connectivity index (χ0n) is 12.3. The van der Waals surface area contributed by atoms with Crippen LogP contribution in [0.1, 0.15) is 15.9 Å². The van der Waals surface area contributed by atoms with Crippen LogP contribution in [-0.4, -0.2) is 29.5 Å². The molecule has 23 heavy (non-hydrogen) atoms. The molecule has 2 aromatic carbocycles. The van der Waals surface area contributed by atoms with E-state index in [1.54, 1.807) is 48.5 Å².